The van der Waals surface area contributed by atoms with E-state index in [-0.39, 0.29) is 24.9 Å². The standard InChI is InChI=1S/C18H15N3O4/c22-17(24-11-13-7-3-1-4-8-13)15-19-16(21-20-15)18(23)25-12-14-9-5-2-6-10-14/h1-10H,11-12H2,(H,19,20,21). The van der Waals surface area contributed by atoms with Crippen LogP contribution < -0.4 is 0 Å². The first kappa shape index (κ1) is 16.4. The molecule has 3 rings (SSSR count). The van der Waals surface area contributed by atoms with Crippen LogP contribution in [0.15, 0.2) is 60.7 Å². The number of benzene rings is 2. The van der Waals surface area contributed by atoms with Crippen LogP contribution in [0.2, 0.25) is 0 Å². The Morgan fingerprint density at radius 1 is 0.800 bits per heavy atom. The second-order valence-electron chi connectivity index (χ2n) is 5.13. The van der Waals surface area contributed by atoms with E-state index >= 15 is 0 Å². The van der Waals surface area contributed by atoms with Crippen molar-refractivity contribution < 1.29 is 19.1 Å². The third kappa shape index (κ3) is 4.51. The third-order valence-corrected chi connectivity index (χ3v) is 3.29. The number of esters is 2. The van der Waals surface area contributed by atoms with Gasteiger partial charge in [0.2, 0.25) is 5.82 Å². The number of nitrogens with zero attached hydrogens (tertiary/aromatic N) is 2. The molecule has 0 fully saturated rings. The van der Waals surface area contributed by atoms with Crippen molar-refractivity contribution in [3.8, 4) is 0 Å². The highest BCUT2D eigenvalue weighted by Crippen LogP contribution is 2.06. The molecule has 7 heteroatoms. The summed E-state index contributed by atoms with van der Waals surface area (Å²) in [4.78, 5) is 27.7. The molecule has 1 heterocycles. The summed E-state index contributed by atoms with van der Waals surface area (Å²) in [5, 5.41) is 6.08. The minimum Gasteiger partial charge on any atom is -0.455 e. The van der Waals surface area contributed by atoms with Gasteiger partial charge >= 0.3 is 11.9 Å². The van der Waals surface area contributed by atoms with Crippen LogP contribution in [-0.4, -0.2) is 27.1 Å². The number of nitrogens with one attached hydrogen (secondary N) is 1. The van der Waals surface area contributed by atoms with Crippen molar-refractivity contribution in [3.05, 3.63) is 83.4 Å². The van der Waals surface area contributed by atoms with Gasteiger partial charge in [0.05, 0.1) is 0 Å². The van der Waals surface area contributed by atoms with Crippen molar-refractivity contribution >= 4 is 11.9 Å². The van der Waals surface area contributed by atoms with Crippen molar-refractivity contribution in [3.63, 3.8) is 0 Å². The Hall–Kier alpha value is -3.48. The van der Waals surface area contributed by atoms with Gasteiger partial charge in [-0.3, -0.25) is 5.10 Å². The summed E-state index contributed by atoms with van der Waals surface area (Å²) in [6.07, 6.45) is 0. The lowest BCUT2D eigenvalue weighted by molar-refractivity contribution is 0.0456. The minimum atomic E-state index is -0.720. The first-order chi connectivity index (χ1) is 12.2. The molecule has 0 bridgehead atoms. The SMILES string of the molecule is O=C(OCc1ccccc1)c1n[nH]c(C(=O)OCc2ccccc2)n1. The predicted molar refractivity (Wildman–Crippen MR) is 87.5 cm³/mol. The number of aromatic nitrogens is 3. The van der Waals surface area contributed by atoms with Crippen LogP contribution in [0.4, 0.5) is 0 Å². The van der Waals surface area contributed by atoms with Gasteiger partial charge in [-0.2, -0.15) is 4.98 Å². The van der Waals surface area contributed by atoms with Gasteiger partial charge < -0.3 is 9.47 Å². The largest absolute Gasteiger partial charge is 0.455 e. The smallest absolute Gasteiger partial charge is 0.378 e. The fourth-order valence-electron chi connectivity index (χ4n) is 2.02. The maximum atomic E-state index is 11.9. The zero-order chi connectivity index (χ0) is 17.5. The van der Waals surface area contributed by atoms with E-state index in [2.05, 4.69) is 15.2 Å². The van der Waals surface area contributed by atoms with Gasteiger partial charge in [0.1, 0.15) is 13.2 Å². The van der Waals surface area contributed by atoms with E-state index in [1.54, 1.807) is 0 Å². The van der Waals surface area contributed by atoms with Crippen LogP contribution in [0.1, 0.15) is 32.4 Å². The molecule has 0 amide bonds. The van der Waals surface area contributed by atoms with Gasteiger partial charge in [-0.15, -0.1) is 5.10 Å². The average Bonchev–Trinajstić information content (AvgIpc) is 3.16. The molecule has 7 nitrogen and oxygen atoms in total. The highest BCUT2D eigenvalue weighted by atomic mass is 16.5. The molecule has 0 radical (unpaired) electrons. The Bertz CT molecular complexity index is 777. The fourth-order valence-corrected chi connectivity index (χ4v) is 2.02. The molecule has 1 N–H and O–H groups in total. The fraction of sp³-hybridized carbons (Fsp3) is 0.111. The molecule has 0 aliphatic heterocycles. The highest BCUT2D eigenvalue weighted by molar-refractivity contribution is 5.89. The molecule has 0 saturated heterocycles. The van der Waals surface area contributed by atoms with E-state index < -0.39 is 11.9 Å². The second kappa shape index (κ2) is 7.87. The summed E-state index contributed by atoms with van der Waals surface area (Å²) in [6.45, 7) is 0.205. The van der Waals surface area contributed by atoms with Crippen LogP contribution >= 0.6 is 0 Å². The Labute approximate surface area is 143 Å². The zero-order valence-electron chi connectivity index (χ0n) is 13.2. The summed E-state index contributed by atoms with van der Waals surface area (Å²) in [5.74, 6) is -1.79. The third-order valence-electron chi connectivity index (χ3n) is 3.29. The Balaban J connectivity index is 1.54. The zero-order valence-corrected chi connectivity index (χ0v) is 13.2. The van der Waals surface area contributed by atoms with E-state index in [1.165, 1.54) is 0 Å². The number of carbonyl (C=O) groups is 2. The summed E-state index contributed by atoms with van der Waals surface area (Å²) in [5.41, 5.74) is 1.69. The Kier molecular flexibility index (Phi) is 5.16. The molecule has 2 aromatic carbocycles. The van der Waals surface area contributed by atoms with Gasteiger partial charge in [-0.05, 0) is 11.1 Å². The van der Waals surface area contributed by atoms with Gasteiger partial charge in [0.25, 0.3) is 5.82 Å². The number of rotatable bonds is 6. The molecule has 1 aromatic heterocycles. The maximum Gasteiger partial charge on any atom is 0.378 e. The topological polar surface area (TPSA) is 94.2 Å². The first-order valence-corrected chi connectivity index (χ1v) is 7.57. The quantitative estimate of drug-likeness (QED) is 0.695. The number of hydrogen-bond donors (Lipinski definition) is 1. The number of hydrogen-bond acceptors (Lipinski definition) is 6. The number of carbonyl (C=O) groups excluding carboxylic acids is 2. The normalized spacial score (nSPS) is 10.2. The molecule has 126 valence electrons. The van der Waals surface area contributed by atoms with E-state index in [1.807, 2.05) is 60.7 Å². The van der Waals surface area contributed by atoms with E-state index in [0.717, 1.165) is 11.1 Å². The summed E-state index contributed by atoms with van der Waals surface area (Å²) < 4.78 is 10.2. The van der Waals surface area contributed by atoms with Gasteiger partial charge in [-0.25, -0.2) is 9.59 Å². The van der Waals surface area contributed by atoms with Crippen molar-refractivity contribution in [2.24, 2.45) is 0 Å². The molecule has 0 spiro atoms. The van der Waals surface area contributed by atoms with Crippen LogP contribution in [-0.2, 0) is 22.7 Å². The molecule has 0 aliphatic carbocycles. The molecule has 25 heavy (non-hydrogen) atoms. The molecule has 0 atom stereocenters. The van der Waals surface area contributed by atoms with Crippen molar-refractivity contribution in [2.45, 2.75) is 13.2 Å². The van der Waals surface area contributed by atoms with Gasteiger partial charge in [0, 0.05) is 0 Å². The van der Waals surface area contributed by atoms with Crippen molar-refractivity contribution in [2.75, 3.05) is 0 Å². The van der Waals surface area contributed by atoms with E-state index in [4.69, 9.17) is 9.47 Å². The minimum absolute atomic E-state index is 0.0992. The predicted octanol–water partition coefficient (Wildman–Crippen LogP) is 2.52. The lowest BCUT2D eigenvalue weighted by atomic mass is 10.2. The van der Waals surface area contributed by atoms with Gasteiger partial charge in [-0.1, -0.05) is 60.7 Å². The monoisotopic (exact) mass is 337 g/mol. The number of aromatic amines is 1. The highest BCUT2D eigenvalue weighted by Gasteiger charge is 2.19. The Morgan fingerprint density at radius 2 is 1.32 bits per heavy atom. The van der Waals surface area contributed by atoms with E-state index in [9.17, 15) is 9.59 Å². The van der Waals surface area contributed by atoms with Crippen LogP contribution in [0.3, 0.4) is 0 Å². The van der Waals surface area contributed by atoms with E-state index in [0.29, 0.717) is 0 Å². The Morgan fingerprint density at radius 3 is 1.88 bits per heavy atom. The first-order valence-electron chi connectivity index (χ1n) is 7.57. The van der Waals surface area contributed by atoms with Gasteiger partial charge in [0.15, 0.2) is 0 Å². The van der Waals surface area contributed by atoms with Crippen molar-refractivity contribution in [1.29, 1.82) is 0 Å². The summed E-state index contributed by atoms with van der Waals surface area (Å²) in [7, 11) is 0. The molecule has 0 aliphatic rings. The average molecular weight is 337 g/mol. The maximum absolute atomic E-state index is 11.9. The molecule has 0 unspecified atom stereocenters. The number of H-pyrrole nitrogens is 1. The molecule has 3 aromatic rings. The lowest BCUT2D eigenvalue weighted by Crippen LogP contribution is -2.09. The molecular formula is C18H15N3O4. The van der Waals surface area contributed by atoms with Crippen LogP contribution in [0.25, 0.3) is 0 Å². The second-order valence-corrected chi connectivity index (χ2v) is 5.13. The summed E-state index contributed by atoms with van der Waals surface area (Å²) >= 11 is 0. The lowest BCUT2D eigenvalue weighted by Gasteiger charge is -2.02. The molecular weight excluding hydrogens is 322 g/mol. The molecule has 0 saturated carbocycles. The van der Waals surface area contributed by atoms with Crippen LogP contribution in [0.5, 0.6) is 0 Å². The van der Waals surface area contributed by atoms with Crippen LogP contribution in [0, 0.1) is 0 Å². The number of ether oxygens (including phenoxy) is 2. The summed E-state index contributed by atoms with van der Waals surface area (Å²) in [6, 6.07) is 18.4. The van der Waals surface area contributed by atoms with Crippen molar-refractivity contribution in [1.82, 2.24) is 15.2 Å².